The molecule has 0 radical (unpaired) electrons. The molecule has 0 heterocycles. The van der Waals surface area contributed by atoms with Crippen molar-refractivity contribution in [1.82, 2.24) is 4.72 Å². The molecule has 0 atom stereocenters. The van der Waals surface area contributed by atoms with Crippen LogP contribution in [0.15, 0.2) is 4.99 Å². The molecule has 0 amide bonds. The van der Waals surface area contributed by atoms with E-state index in [0.29, 0.717) is 5.92 Å². The van der Waals surface area contributed by atoms with Crippen molar-refractivity contribution in [2.75, 3.05) is 7.05 Å². The Morgan fingerprint density at radius 1 is 1.70 bits per heavy atom. The summed E-state index contributed by atoms with van der Waals surface area (Å²) in [7, 11) is 1.70. The molecule has 0 bridgehead atoms. The highest BCUT2D eigenvalue weighted by molar-refractivity contribution is 8.10. The van der Waals surface area contributed by atoms with E-state index in [0.717, 1.165) is 23.4 Å². The number of nitrogens with one attached hydrogen (secondary N) is 1. The molecule has 3 nitrogen and oxygen atoms in total. The smallest absolute Gasteiger partial charge is 0.196 e. The van der Waals surface area contributed by atoms with Gasteiger partial charge in [-0.05, 0) is 0 Å². The first kappa shape index (κ1) is 9.49. The summed E-state index contributed by atoms with van der Waals surface area (Å²) in [5.41, 5.74) is 0.744. The van der Waals surface area contributed by atoms with Crippen LogP contribution >= 0.6 is 11.9 Å². The van der Waals surface area contributed by atoms with Crippen molar-refractivity contribution in [3.63, 3.8) is 0 Å². The lowest BCUT2D eigenvalue weighted by Crippen LogP contribution is -2.21. The van der Waals surface area contributed by atoms with Gasteiger partial charge < -0.3 is 4.72 Å². The molecule has 0 saturated heterocycles. The van der Waals surface area contributed by atoms with Gasteiger partial charge in [0.15, 0.2) is 5.62 Å². The zero-order valence-electron chi connectivity index (χ0n) is 6.42. The molecule has 0 aromatic carbocycles. The van der Waals surface area contributed by atoms with Crippen LogP contribution in [0.4, 0.5) is 0 Å². The Balaban J connectivity index is 3.73. The van der Waals surface area contributed by atoms with Crippen molar-refractivity contribution in [3.8, 4) is 0 Å². The van der Waals surface area contributed by atoms with Crippen molar-refractivity contribution in [1.29, 1.82) is 0 Å². The molecule has 0 fully saturated rings. The van der Waals surface area contributed by atoms with Gasteiger partial charge in [-0.3, -0.25) is 9.79 Å². The molecule has 10 heavy (non-hydrogen) atoms. The summed E-state index contributed by atoms with van der Waals surface area (Å²) in [6, 6.07) is 0. The Morgan fingerprint density at radius 2 is 2.30 bits per heavy atom. The van der Waals surface area contributed by atoms with E-state index in [9.17, 15) is 4.79 Å². The lowest BCUT2D eigenvalue weighted by molar-refractivity contribution is 0.570. The van der Waals surface area contributed by atoms with Crippen molar-refractivity contribution < 1.29 is 4.79 Å². The van der Waals surface area contributed by atoms with Crippen LogP contribution in [0.2, 0.25) is 0 Å². The Hall–Kier alpha value is -0.510. The first-order valence-corrected chi connectivity index (χ1v) is 3.92. The van der Waals surface area contributed by atoms with E-state index in [2.05, 4.69) is 9.71 Å². The minimum atomic E-state index is 0.345. The van der Waals surface area contributed by atoms with E-state index in [1.807, 2.05) is 13.8 Å². The summed E-state index contributed by atoms with van der Waals surface area (Å²) >= 11 is 1.01. The van der Waals surface area contributed by atoms with Gasteiger partial charge in [-0.25, -0.2) is 0 Å². The predicted octanol–water partition coefficient (Wildman–Crippen LogP) is 1.10. The zero-order valence-corrected chi connectivity index (χ0v) is 7.23. The molecule has 0 aromatic rings. The Morgan fingerprint density at radius 3 is 2.60 bits per heavy atom. The van der Waals surface area contributed by atoms with E-state index >= 15 is 0 Å². The summed E-state index contributed by atoms with van der Waals surface area (Å²) in [4.78, 5) is 13.8. The molecule has 0 aliphatic rings. The zero-order chi connectivity index (χ0) is 7.98. The average molecular weight is 160 g/mol. The van der Waals surface area contributed by atoms with E-state index in [-0.39, 0.29) is 0 Å². The SMILES string of the molecule is CN=C(NSC=O)C(C)C. The fourth-order valence-corrected chi connectivity index (χ4v) is 1.00. The Kier molecular flexibility index (Phi) is 5.02. The predicted molar refractivity (Wildman–Crippen MR) is 45.7 cm³/mol. The maximum absolute atomic E-state index is 9.89. The maximum Gasteiger partial charge on any atom is 0.196 e. The second kappa shape index (κ2) is 5.29. The van der Waals surface area contributed by atoms with Crippen LogP contribution in [0, 0.1) is 5.92 Å². The van der Waals surface area contributed by atoms with E-state index in [1.165, 1.54) is 0 Å². The largest absolute Gasteiger partial charge is 0.312 e. The van der Waals surface area contributed by atoms with Crippen molar-refractivity contribution >= 4 is 23.4 Å². The number of amidine groups is 1. The minimum absolute atomic E-state index is 0.345. The molecule has 0 rings (SSSR count). The van der Waals surface area contributed by atoms with Crippen molar-refractivity contribution in [2.45, 2.75) is 13.8 Å². The van der Waals surface area contributed by atoms with Crippen LogP contribution in [0.1, 0.15) is 13.8 Å². The van der Waals surface area contributed by atoms with Crippen molar-refractivity contribution in [2.24, 2.45) is 10.9 Å². The fraction of sp³-hybridized carbons (Fsp3) is 0.667. The summed E-state index contributed by atoms with van der Waals surface area (Å²) in [6.07, 6.45) is 0. The number of hydrogen-bond acceptors (Lipinski definition) is 3. The summed E-state index contributed by atoms with van der Waals surface area (Å²) in [5, 5.41) is 0. The molecule has 0 saturated carbocycles. The van der Waals surface area contributed by atoms with E-state index in [4.69, 9.17) is 0 Å². The standard InChI is InChI=1S/C6H12N2OS/c1-5(2)6(7-3)8-10-4-9/h4-5H,1-3H3,(H,7,8). The number of rotatable bonds is 3. The molecule has 0 aliphatic heterocycles. The maximum atomic E-state index is 9.89. The fourth-order valence-electron chi connectivity index (χ4n) is 0.506. The van der Waals surface area contributed by atoms with Crippen LogP contribution in [0.3, 0.4) is 0 Å². The third kappa shape index (κ3) is 3.50. The lowest BCUT2D eigenvalue weighted by atomic mass is 10.2. The van der Waals surface area contributed by atoms with Gasteiger partial charge in [0.1, 0.15) is 5.84 Å². The first-order valence-electron chi connectivity index (χ1n) is 3.04. The van der Waals surface area contributed by atoms with Crippen LogP contribution < -0.4 is 4.72 Å². The van der Waals surface area contributed by atoms with Gasteiger partial charge in [0.25, 0.3) is 0 Å². The molecule has 4 heteroatoms. The average Bonchev–Trinajstić information content (AvgIpc) is 1.89. The highest BCUT2D eigenvalue weighted by atomic mass is 32.2. The van der Waals surface area contributed by atoms with Gasteiger partial charge in [0.05, 0.1) is 0 Å². The highest BCUT2D eigenvalue weighted by Gasteiger charge is 2.01. The van der Waals surface area contributed by atoms with Crippen LogP contribution in [-0.2, 0) is 4.79 Å². The Bertz CT molecular complexity index is 134. The van der Waals surface area contributed by atoms with Crippen LogP contribution in [-0.4, -0.2) is 18.5 Å². The van der Waals surface area contributed by atoms with Gasteiger partial charge in [-0.1, -0.05) is 13.8 Å². The number of hydrogen-bond donors (Lipinski definition) is 1. The minimum Gasteiger partial charge on any atom is -0.312 e. The molecule has 58 valence electrons. The van der Waals surface area contributed by atoms with E-state index in [1.54, 1.807) is 7.05 Å². The highest BCUT2D eigenvalue weighted by Crippen LogP contribution is 1.97. The summed E-state index contributed by atoms with van der Waals surface area (Å²) in [6.45, 7) is 4.03. The number of nitrogens with zero attached hydrogens (tertiary/aromatic N) is 1. The van der Waals surface area contributed by atoms with E-state index < -0.39 is 0 Å². The molecule has 0 spiro atoms. The first-order chi connectivity index (χ1) is 4.72. The molecular weight excluding hydrogens is 148 g/mol. The van der Waals surface area contributed by atoms with Crippen LogP contribution in [0.25, 0.3) is 0 Å². The number of carbonyl (C=O) groups excluding carboxylic acids is 1. The van der Waals surface area contributed by atoms with Crippen LogP contribution in [0.5, 0.6) is 0 Å². The third-order valence-corrected chi connectivity index (χ3v) is 1.42. The summed E-state index contributed by atoms with van der Waals surface area (Å²) < 4.78 is 2.82. The van der Waals surface area contributed by atoms with Gasteiger partial charge in [-0.15, -0.1) is 0 Å². The topological polar surface area (TPSA) is 41.5 Å². The third-order valence-electron chi connectivity index (χ3n) is 0.999. The summed E-state index contributed by atoms with van der Waals surface area (Å²) in [5.74, 6) is 1.19. The molecule has 0 aromatic heterocycles. The van der Waals surface area contributed by atoms with Gasteiger partial charge in [0.2, 0.25) is 0 Å². The monoisotopic (exact) mass is 160 g/mol. The van der Waals surface area contributed by atoms with Gasteiger partial charge in [0, 0.05) is 24.9 Å². The number of aliphatic imine (C=N–C) groups is 1. The number of carbonyl (C=O) groups is 1. The van der Waals surface area contributed by atoms with Gasteiger partial charge >= 0.3 is 0 Å². The molecular formula is C6H12N2OS. The second-order valence-electron chi connectivity index (χ2n) is 2.08. The molecule has 0 unspecified atom stereocenters. The second-order valence-corrected chi connectivity index (χ2v) is 2.71. The Labute approximate surface area is 65.4 Å². The lowest BCUT2D eigenvalue weighted by Gasteiger charge is -2.07. The molecule has 1 N–H and O–H groups in total. The van der Waals surface area contributed by atoms with Crippen molar-refractivity contribution in [3.05, 3.63) is 0 Å². The molecule has 0 aliphatic carbocycles. The normalized spacial score (nSPS) is 11.8. The van der Waals surface area contributed by atoms with Gasteiger partial charge in [-0.2, -0.15) is 0 Å². The quantitative estimate of drug-likeness (QED) is 0.291.